The van der Waals surface area contributed by atoms with E-state index in [0.29, 0.717) is 40.7 Å². The molecule has 1 saturated carbocycles. The first-order valence-corrected chi connectivity index (χ1v) is 12.4. The van der Waals surface area contributed by atoms with E-state index in [4.69, 9.17) is 31.3 Å². The molecule has 180 valence electrons. The van der Waals surface area contributed by atoms with Crippen molar-refractivity contribution in [2.24, 2.45) is 0 Å². The third-order valence-electron chi connectivity index (χ3n) is 6.78. The van der Waals surface area contributed by atoms with E-state index in [9.17, 15) is 0 Å². The van der Waals surface area contributed by atoms with Gasteiger partial charge in [0, 0.05) is 19.1 Å². The molecule has 2 aromatic rings. The molecule has 8 nitrogen and oxygen atoms in total. The predicted molar refractivity (Wildman–Crippen MR) is 135 cm³/mol. The Kier molecular flexibility index (Phi) is 8.09. The van der Waals surface area contributed by atoms with E-state index in [-0.39, 0.29) is 0 Å². The first-order valence-electron chi connectivity index (χ1n) is 12.1. The Morgan fingerprint density at radius 2 is 1.70 bits per heavy atom. The Labute approximate surface area is 202 Å². The number of likely N-dealkylation sites (tertiary alicyclic amines) is 1. The van der Waals surface area contributed by atoms with Crippen molar-refractivity contribution in [2.45, 2.75) is 63.5 Å². The standard InChI is InChI=1S/C24H36ClN7O/c1-31-15-13-18(14-16-31)32(2)24-29-22(26-17-9-6-4-5-7-10-17)28-23(30-24)27-20-12-8-11-19(25)21(20)33-3/h8,11-12,17-18H,4-7,9-10,13-16H2,1-3H3,(H2,26,27,28,29,30). The van der Waals surface area contributed by atoms with Crippen molar-refractivity contribution in [3.8, 4) is 5.75 Å². The molecule has 4 rings (SSSR count). The van der Waals surface area contributed by atoms with Crippen LogP contribution in [0.1, 0.15) is 51.4 Å². The number of nitrogens with one attached hydrogen (secondary N) is 2. The monoisotopic (exact) mass is 473 g/mol. The number of methoxy groups -OCH3 is 1. The van der Waals surface area contributed by atoms with Crippen LogP contribution in [-0.4, -0.2) is 66.2 Å². The summed E-state index contributed by atoms with van der Waals surface area (Å²) in [5, 5.41) is 7.45. The first kappa shape index (κ1) is 23.8. The smallest absolute Gasteiger partial charge is 0.233 e. The molecule has 0 amide bonds. The van der Waals surface area contributed by atoms with Crippen LogP contribution in [0.25, 0.3) is 0 Å². The van der Waals surface area contributed by atoms with Crippen LogP contribution in [-0.2, 0) is 0 Å². The average molecular weight is 474 g/mol. The van der Waals surface area contributed by atoms with Crippen LogP contribution in [0.2, 0.25) is 5.02 Å². The number of benzene rings is 1. The molecule has 1 saturated heterocycles. The van der Waals surface area contributed by atoms with Gasteiger partial charge in [-0.15, -0.1) is 0 Å². The van der Waals surface area contributed by atoms with Gasteiger partial charge in [0.25, 0.3) is 0 Å². The maximum absolute atomic E-state index is 6.32. The molecule has 2 heterocycles. The second-order valence-corrected chi connectivity index (χ2v) is 9.61. The summed E-state index contributed by atoms with van der Waals surface area (Å²) in [6.07, 6.45) is 9.59. The van der Waals surface area contributed by atoms with E-state index in [1.165, 1.54) is 25.7 Å². The molecule has 0 unspecified atom stereocenters. The number of anilines is 4. The van der Waals surface area contributed by atoms with Gasteiger partial charge in [-0.05, 0) is 58.0 Å². The summed E-state index contributed by atoms with van der Waals surface area (Å²) >= 11 is 6.32. The minimum absolute atomic E-state index is 0.393. The van der Waals surface area contributed by atoms with Crippen LogP contribution in [0.15, 0.2) is 18.2 Å². The van der Waals surface area contributed by atoms with Gasteiger partial charge in [-0.3, -0.25) is 0 Å². The summed E-state index contributed by atoms with van der Waals surface area (Å²) in [6.45, 7) is 2.16. The summed E-state index contributed by atoms with van der Waals surface area (Å²) < 4.78 is 5.50. The zero-order valence-electron chi connectivity index (χ0n) is 20.0. The van der Waals surface area contributed by atoms with E-state index in [0.717, 1.165) is 44.5 Å². The minimum Gasteiger partial charge on any atom is -0.493 e. The van der Waals surface area contributed by atoms with E-state index in [1.54, 1.807) is 13.2 Å². The Morgan fingerprint density at radius 3 is 2.39 bits per heavy atom. The number of nitrogens with zero attached hydrogens (tertiary/aromatic N) is 5. The van der Waals surface area contributed by atoms with Crippen molar-refractivity contribution < 1.29 is 4.74 Å². The van der Waals surface area contributed by atoms with E-state index in [2.05, 4.69) is 34.5 Å². The number of ether oxygens (including phenoxy) is 1. The molecular formula is C24H36ClN7O. The predicted octanol–water partition coefficient (Wildman–Crippen LogP) is 4.94. The lowest BCUT2D eigenvalue weighted by Crippen LogP contribution is -2.42. The van der Waals surface area contributed by atoms with Gasteiger partial charge in [-0.1, -0.05) is 43.4 Å². The molecule has 0 radical (unpaired) electrons. The van der Waals surface area contributed by atoms with Gasteiger partial charge >= 0.3 is 0 Å². The first-order chi connectivity index (χ1) is 16.0. The summed E-state index contributed by atoms with van der Waals surface area (Å²) in [7, 11) is 5.87. The van der Waals surface area contributed by atoms with Crippen LogP contribution in [0.4, 0.5) is 23.5 Å². The van der Waals surface area contributed by atoms with Gasteiger partial charge in [0.15, 0.2) is 5.75 Å². The van der Waals surface area contributed by atoms with Gasteiger partial charge < -0.3 is 25.2 Å². The quantitative estimate of drug-likeness (QED) is 0.547. The maximum atomic E-state index is 6.32. The highest BCUT2D eigenvalue weighted by molar-refractivity contribution is 6.32. The zero-order chi connectivity index (χ0) is 23.2. The summed E-state index contributed by atoms with van der Waals surface area (Å²) in [5.41, 5.74) is 0.726. The average Bonchev–Trinajstić information content (AvgIpc) is 3.08. The zero-order valence-corrected chi connectivity index (χ0v) is 20.7. The summed E-state index contributed by atoms with van der Waals surface area (Å²) in [6, 6.07) is 6.39. The SMILES string of the molecule is COc1c(Cl)cccc1Nc1nc(NC2CCCCCC2)nc(N(C)C2CCN(C)CC2)n1. The number of hydrogen-bond acceptors (Lipinski definition) is 8. The topological polar surface area (TPSA) is 78.4 Å². The molecule has 9 heteroatoms. The number of para-hydroxylation sites is 1. The molecule has 1 aliphatic heterocycles. The van der Waals surface area contributed by atoms with Gasteiger partial charge in [0.1, 0.15) is 0 Å². The van der Waals surface area contributed by atoms with E-state index >= 15 is 0 Å². The number of aromatic nitrogens is 3. The third-order valence-corrected chi connectivity index (χ3v) is 7.08. The molecule has 0 bridgehead atoms. The number of halogens is 1. The molecular weight excluding hydrogens is 438 g/mol. The largest absolute Gasteiger partial charge is 0.493 e. The van der Waals surface area contributed by atoms with E-state index in [1.807, 2.05) is 12.1 Å². The second-order valence-electron chi connectivity index (χ2n) is 9.21. The van der Waals surface area contributed by atoms with Crippen molar-refractivity contribution in [1.82, 2.24) is 19.9 Å². The van der Waals surface area contributed by atoms with Gasteiger partial charge in [0.2, 0.25) is 17.8 Å². The van der Waals surface area contributed by atoms with Gasteiger partial charge in [0.05, 0.1) is 17.8 Å². The molecule has 0 atom stereocenters. The van der Waals surface area contributed by atoms with Crippen molar-refractivity contribution in [3.05, 3.63) is 23.2 Å². The highest BCUT2D eigenvalue weighted by Gasteiger charge is 2.24. The third kappa shape index (κ3) is 6.18. The second kappa shape index (κ2) is 11.2. The maximum Gasteiger partial charge on any atom is 0.233 e. The fourth-order valence-corrected chi connectivity index (χ4v) is 4.98. The molecule has 1 aromatic heterocycles. The number of rotatable bonds is 7. The molecule has 1 aromatic carbocycles. The molecule has 2 fully saturated rings. The van der Waals surface area contributed by atoms with Gasteiger partial charge in [-0.25, -0.2) is 0 Å². The van der Waals surface area contributed by atoms with Crippen molar-refractivity contribution in [1.29, 1.82) is 0 Å². The highest BCUT2D eigenvalue weighted by atomic mass is 35.5. The molecule has 1 aliphatic carbocycles. The number of hydrogen-bond donors (Lipinski definition) is 2. The highest BCUT2D eigenvalue weighted by Crippen LogP contribution is 2.34. The van der Waals surface area contributed by atoms with Crippen LogP contribution in [0.5, 0.6) is 5.75 Å². The molecule has 2 N–H and O–H groups in total. The molecule has 33 heavy (non-hydrogen) atoms. The Balaban J connectivity index is 1.61. The van der Waals surface area contributed by atoms with Crippen LogP contribution >= 0.6 is 11.6 Å². The van der Waals surface area contributed by atoms with Gasteiger partial charge in [-0.2, -0.15) is 15.0 Å². The fourth-order valence-electron chi connectivity index (χ4n) is 4.73. The van der Waals surface area contributed by atoms with Crippen molar-refractivity contribution >= 4 is 35.1 Å². The molecule has 2 aliphatic rings. The summed E-state index contributed by atoms with van der Waals surface area (Å²) in [4.78, 5) is 18.9. The van der Waals surface area contributed by atoms with Crippen LogP contribution in [0.3, 0.4) is 0 Å². The number of piperidine rings is 1. The van der Waals surface area contributed by atoms with Crippen molar-refractivity contribution in [2.75, 3.05) is 49.8 Å². The summed E-state index contributed by atoms with van der Waals surface area (Å²) in [5.74, 6) is 2.36. The van der Waals surface area contributed by atoms with E-state index < -0.39 is 0 Å². The lowest BCUT2D eigenvalue weighted by molar-refractivity contribution is 0.252. The lowest BCUT2D eigenvalue weighted by Gasteiger charge is -2.35. The van der Waals surface area contributed by atoms with Crippen LogP contribution in [0, 0.1) is 0 Å². The Hall–Kier alpha value is -2.32. The normalized spacial score (nSPS) is 18.5. The Morgan fingerprint density at radius 1 is 1.00 bits per heavy atom. The van der Waals surface area contributed by atoms with Crippen LogP contribution < -0.4 is 20.3 Å². The minimum atomic E-state index is 0.393. The lowest BCUT2D eigenvalue weighted by atomic mass is 10.0. The molecule has 0 spiro atoms. The Bertz CT molecular complexity index is 912. The van der Waals surface area contributed by atoms with Crippen molar-refractivity contribution in [3.63, 3.8) is 0 Å². The fraction of sp³-hybridized carbons (Fsp3) is 0.625.